The molecule has 1 N–H and O–H groups in total. The van der Waals surface area contributed by atoms with E-state index in [-0.39, 0.29) is 38.6 Å². The minimum Gasteiger partial charge on any atom is -0.504 e. The molecule has 2 aromatic carbocycles. The van der Waals surface area contributed by atoms with Crippen LogP contribution in [0.2, 0.25) is 5.02 Å². The van der Waals surface area contributed by atoms with Crippen molar-refractivity contribution in [2.45, 2.75) is 19.1 Å². The minimum absolute atomic E-state index is 0.0112. The molecule has 188 valence electrons. The van der Waals surface area contributed by atoms with Gasteiger partial charge in [-0.3, -0.25) is 9.36 Å². The number of para-hydroxylation sites is 1. The van der Waals surface area contributed by atoms with Crippen molar-refractivity contribution < 1.29 is 32.5 Å². The second-order valence-electron chi connectivity index (χ2n) is 7.51. The number of benzene rings is 2. The summed E-state index contributed by atoms with van der Waals surface area (Å²) in [5, 5.41) is 10.7. The van der Waals surface area contributed by atoms with Gasteiger partial charge in [0.05, 0.1) is 29.9 Å². The molecule has 0 unspecified atom stereocenters. The van der Waals surface area contributed by atoms with Gasteiger partial charge < -0.3 is 14.6 Å². The molecule has 1 aliphatic rings. The maximum atomic E-state index is 14.1. The van der Waals surface area contributed by atoms with Gasteiger partial charge in [-0.15, -0.1) is 0 Å². The molecule has 0 aliphatic carbocycles. The summed E-state index contributed by atoms with van der Waals surface area (Å²) in [7, 11) is 1.36. The summed E-state index contributed by atoms with van der Waals surface area (Å²) in [4.78, 5) is 29.7. The molecular formula is C24H18ClF3N2O5S. The van der Waals surface area contributed by atoms with E-state index in [2.05, 4.69) is 4.99 Å². The van der Waals surface area contributed by atoms with Gasteiger partial charge in [0.1, 0.15) is 0 Å². The number of phenolic OH excluding ortho intramolecular Hbond substituents is 1. The van der Waals surface area contributed by atoms with Crippen LogP contribution in [0.15, 0.2) is 63.5 Å². The Morgan fingerprint density at radius 3 is 2.56 bits per heavy atom. The molecule has 36 heavy (non-hydrogen) atoms. The summed E-state index contributed by atoms with van der Waals surface area (Å²) < 4.78 is 53.3. The van der Waals surface area contributed by atoms with Crippen LogP contribution in [0, 0.1) is 0 Å². The fourth-order valence-electron chi connectivity index (χ4n) is 3.76. The number of methoxy groups -OCH3 is 1. The van der Waals surface area contributed by atoms with Crippen LogP contribution in [-0.2, 0) is 9.53 Å². The number of aromatic nitrogens is 1. The van der Waals surface area contributed by atoms with E-state index < -0.39 is 35.0 Å². The maximum absolute atomic E-state index is 14.1. The first-order chi connectivity index (χ1) is 17.1. The normalized spacial score (nSPS) is 15.9. The molecule has 0 fully saturated rings. The highest BCUT2D eigenvalue weighted by molar-refractivity contribution is 7.07. The fourth-order valence-corrected chi connectivity index (χ4v) is 4.88. The number of ether oxygens (including phenoxy) is 2. The topological polar surface area (TPSA) is 90.1 Å². The molecule has 7 nitrogen and oxygen atoms in total. The number of carbonyl (C=O) groups is 1. The van der Waals surface area contributed by atoms with E-state index in [4.69, 9.17) is 21.1 Å². The third-order valence-corrected chi connectivity index (χ3v) is 6.55. The Morgan fingerprint density at radius 1 is 1.25 bits per heavy atom. The van der Waals surface area contributed by atoms with Crippen molar-refractivity contribution in [3.05, 3.63) is 89.6 Å². The van der Waals surface area contributed by atoms with Crippen molar-refractivity contribution in [2.24, 2.45) is 4.99 Å². The van der Waals surface area contributed by atoms with Gasteiger partial charge in [-0.2, -0.15) is 13.2 Å². The predicted octanol–water partition coefficient (Wildman–Crippen LogP) is 3.71. The Labute approximate surface area is 211 Å². The lowest BCUT2D eigenvalue weighted by molar-refractivity contribution is -0.140. The van der Waals surface area contributed by atoms with Crippen molar-refractivity contribution in [1.82, 2.24) is 4.57 Å². The molecule has 1 aromatic heterocycles. The fraction of sp³-hybridized carbons (Fsp3) is 0.208. The van der Waals surface area contributed by atoms with Crippen molar-refractivity contribution >= 4 is 35.0 Å². The Kier molecular flexibility index (Phi) is 6.96. The summed E-state index contributed by atoms with van der Waals surface area (Å²) in [6.07, 6.45) is -3.69. The number of halogens is 4. The maximum Gasteiger partial charge on any atom is 0.434 e. The zero-order valence-electron chi connectivity index (χ0n) is 18.8. The first kappa shape index (κ1) is 25.5. The molecule has 2 heterocycles. The largest absolute Gasteiger partial charge is 0.504 e. The van der Waals surface area contributed by atoms with E-state index in [1.165, 1.54) is 56.5 Å². The van der Waals surface area contributed by atoms with Crippen LogP contribution in [0.5, 0.6) is 11.5 Å². The van der Waals surface area contributed by atoms with E-state index in [0.717, 1.165) is 4.57 Å². The summed E-state index contributed by atoms with van der Waals surface area (Å²) >= 11 is 6.65. The van der Waals surface area contributed by atoms with E-state index in [1.54, 1.807) is 6.07 Å². The molecule has 12 heteroatoms. The van der Waals surface area contributed by atoms with Gasteiger partial charge in [-0.25, -0.2) is 9.79 Å². The number of hydrogen-bond acceptors (Lipinski definition) is 7. The highest BCUT2D eigenvalue weighted by atomic mass is 35.5. The van der Waals surface area contributed by atoms with Gasteiger partial charge >= 0.3 is 12.1 Å². The van der Waals surface area contributed by atoms with Crippen LogP contribution in [-0.4, -0.2) is 35.5 Å². The number of carbonyl (C=O) groups excluding carboxylic acids is 1. The Morgan fingerprint density at radius 2 is 1.94 bits per heavy atom. The average molecular weight is 539 g/mol. The molecule has 0 saturated carbocycles. The summed E-state index contributed by atoms with van der Waals surface area (Å²) in [6, 6.07) is 8.86. The molecule has 4 rings (SSSR count). The summed E-state index contributed by atoms with van der Waals surface area (Å²) in [5.41, 5.74) is -2.55. The van der Waals surface area contributed by atoms with Gasteiger partial charge in [0.25, 0.3) is 5.56 Å². The average Bonchev–Trinajstić information content (AvgIpc) is 3.14. The number of nitrogens with zero attached hydrogens (tertiary/aromatic N) is 2. The number of phenols is 1. The van der Waals surface area contributed by atoms with E-state index in [0.29, 0.717) is 16.4 Å². The lowest BCUT2D eigenvalue weighted by atomic mass is 9.95. The Balaban J connectivity index is 2.05. The molecule has 3 aromatic rings. The predicted molar refractivity (Wildman–Crippen MR) is 127 cm³/mol. The SMILES string of the molecule is CCOC(=O)C1=C(C(F)(F)F)N=c2s/c(=C\c3cccc(OC)c3O)c(=O)n2[C@@H]1c1ccc(Cl)cc1. The summed E-state index contributed by atoms with van der Waals surface area (Å²) in [5.74, 6) is -1.34. The van der Waals surface area contributed by atoms with Crippen LogP contribution < -0.4 is 19.6 Å². The highest BCUT2D eigenvalue weighted by Crippen LogP contribution is 2.38. The highest BCUT2D eigenvalue weighted by Gasteiger charge is 2.45. The number of alkyl halides is 3. The second-order valence-corrected chi connectivity index (χ2v) is 8.96. The van der Waals surface area contributed by atoms with Crippen molar-refractivity contribution in [1.29, 1.82) is 0 Å². The van der Waals surface area contributed by atoms with Gasteiger partial charge in [0.2, 0.25) is 0 Å². The molecule has 0 radical (unpaired) electrons. The van der Waals surface area contributed by atoms with Crippen LogP contribution >= 0.6 is 22.9 Å². The number of rotatable bonds is 5. The molecule has 1 aliphatic heterocycles. The standard InChI is InChI=1S/C24H18ClF3N2O5S/c1-3-35-22(33)17-18(12-7-9-14(25)10-8-12)30-21(32)16(36-23(30)29-20(17)24(26,27)28)11-13-5-4-6-15(34-2)19(13)31/h4-11,18,31H,3H2,1-2H3/b16-11-/t18-/m1/s1. The summed E-state index contributed by atoms with van der Waals surface area (Å²) in [6.45, 7) is 1.28. The molecular weight excluding hydrogens is 521 g/mol. The number of hydrogen-bond donors (Lipinski definition) is 1. The van der Waals surface area contributed by atoms with E-state index in [9.17, 15) is 27.9 Å². The van der Waals surface area contributed by atoms with Crippen molar-refractivity contribution in [2.75, 3.05) is 13.7 Å². The van der Waals surface area contributed by atoms with Crippen molar-refractivity contribution in [3.8, 4) is 11.5 Å². The molecule has 0 amide bonds. The molecule has 1 atom stereocenters. The zero-order valence-corrected chi connectivity index (χ0v) is 20.4. The second kappa shape index (κ2) is 9.82. The minimum atomic E-state index is -5.01. The quantitative estimate of drug-likeness (QED) is 0.500. The molecule has 0 saturated heterocycles. The molecule has 0 bridgehead atoms. The number of esters is 1. The number of thiazole rings is 1. The Hall–Kier alpha value is -3.57. The van der Waals surface area contributed by atoms with Crippen LogP contribution in [0.1, 0.15) is 24.1 Å². The monoisotopic (exact) mass is 538 g/mol. The first-order valence-corrected chi connectivity index (χ1v) is 11.7. The number of fused-ring (bicyclic) bond motifs is 1. The van der Waals surface area contributed by atoms with E-state index in [1.807, 2.05) is 0 Å². The Bertz CT molecular complexity index is 1540. The zero-order chi connectivity index (χ0) is 26.2. The van der Waals surface area contributed by atoms with Crippen molar-refractivity contribution in [3.63, 3.8) is 0 Å². The smallest absolute Gasteiger partial charge is 0.434 e. The lowest BCUT2D eigenvalue weighted by Crippen LogP contribution is -2.41. The number of allylic oxidation sites excluding steroid dienone is 1. The van der Waals surface area contributed by atoms with Gasteiger partial charge in [0, 0.05) is 10.6 Å². The van der Waals surface area contributed by atoms with Gasteiger partial charge in [-0.1, -0.05) is 47.2 Å². The van der Waals surface area contributed by atoms with Gasteiger partial charge in [0.15, 0.2) is 22.0 Å². The molecule has 0 spiro atoms. The first-order valence-electron chi connectivity index (χ1n) is 10.5. The van der Waals surface area contributed by atoms with E-state index >= 15 is 0 Å². The van der Waals surface area contributed by atoms with Crippen LogP contribution in [0.25, 0.3) is 6.08 Å². The third-order valence-electron chi connectivity index (χ3n) is 5.32. The third kappa shape index (κ3) is 4.63. The lowest BCUT2D eigenvalue weighted by Gasteiger charge is -2.26. The van der Waals surface area contributed by atoms with Crippen LogP contribution in [0.3, 0.4) is 0 Å². The number of aromatic hydroxyl groups is 1. The van der Waals surface area contributed by atoms with Crippen LogP contribution in [0.4, 0.5) is 13.2 Å². The van der Waals surface area contributed by atoms with Gasteiger partial charge in [-0.05, 0) is 36.8 Å².